The summed E-state index contributed by atoms with van der Waals surface area (Å²) in [4.78, 5) is 24.6. The molecule has 1 aliphatic carbocycles. The zero-order chi connectivity index (χ0) is 16.9. The van der Waals surface area contributed by atoms with Gasteiger partial charge in [-0.15, -0.1) is 0 Å². The molecule has 0 heterocycles. The molecule has 5 heteroatoms. The summed E-state index contributed by atoms with van der Waals surface area (Å²) in [6, 6.07) is 8.75. The molecule has 1 aromatic rings. The summed E-state index contributed by atoms with van der Waals surface area (Å²) in [5, 5.41) is 0. The quantitative estimate of drug-likeness (QED) is 0.643. The average Bonchev–Trinajstić information content (AvgIpc) is 3.02. The summed E-state index contributed by atoms with van der Waals surface area (Å²) in [5.74, 6) is -2.31. The third kappa shape index (κ3) is 4.10. The Morgan fingerprint density at radius 2 is 1.78 bits per heavy atom. The highest BCUT2D eigenvalue weighted by atomic mass is 16.5. The van der Waals surface area contributed by atoms with Gasteiger partial charge in [-0.1, -0.05) is 50.1 Å². The molecule has 1 aromatic carbocycles. The lowest BCUT2D eigenvalue weighted by atomic mass is 9.75. The van der Waals surface area contributed by atoms with Gasteiger partial charge in [0, 0.05) is 6.04 Å². The fourth-order valence-electron chi connectivity index (χ4n) is 3.25. The van der Waals surface area contributed by atoms with E-state index in [1.54, 1.807) is 0 Å². The van der Waals surface area contributed by atoms with Gasteiger partial charge >= 0.3 is 11.9 Å². The molecule has 0 saturated heterocycles. The van der Waals surface area contributed by atoms with E-state index in [4.69, 9.17) is 15.2 Å². The van der Waals surface area contributed by atoms with Crippen molar-refractivity contribution in [3.63, 3.8) is 0 Å². The van der Waals surface area contributed by atoms with E-state index in [9.17, 15) is 9.59 Å². The molecule has 2 atom stereocenters. The van der Waals surface area contributed by atoms with Crippen molar-refractivity contribution in [3.8, 4) is 0 Å². The molecule has 1 aliphatic rings. The topological polar surface area (TPSA) is 78.6 Å². The van der Waals surface area contributed by atoms with Gasteiger partial charge in [-0.25, -0.2) is 0 Å². The lowest BCUT2D eigenvalue weighted by Gasteiger charge is -2.34. The summed E-state index contributed by atoms with van der Waals surface area (Å²) in [5.41, 5.74) is 6.94. The van der Waals surface area contributed by atoms with Crippen molar-refractivity contribution in [1.82, 2.24) is 0 Å². The van der Waals surface area contributed by atoms with Crippen LogP contribution < -0.4 is 5.73 Å². The van der Waals surface area contributed by atoms with Crippen molar-refractivity contribution >= 4 is 11.9 Å². The predicted octanol–water partition coefficient (Wildman–Crippen LogP) is 2.43. The Kier molecular flexibility index (Phi) is 5.77. The van der Waals surface area contributed by atoms with Crippen LogP contribution in [0.25, 0.3) is 0 Å². The smallest absolute Gasteiger partial charge is 0.322 e. The maximum atomic E-state index is 12.5. The first-order chi connectivity index (χ1) is 11.0. The summed E-state index contributed by atoms with van der Waals surface area (Å²) in [6.07, 6.45) is 3.95. The molecule has 126 valence electrons. The molecule has 2 N–H and O–H groups in total. The van der Waals surface area contributed by atoms with Gasteiger partial charge in [0.2, 0.25) is 0 Å². The summed E-state index contributed by atoms with van der Waals surface area (Å²) in [7, 11) is 1.27. The van der Waals surface area contributed by atoms with Gasteiger partial charge in [-0.05, 0) is 23.8 Å². The largest absolute Gasteiger partial charge is 0.468 e. The highest BCUT2D eigenvalue weighted by molar-refractivity contribution is 5.95. The van der Waals surface area contributed by atoms with Crippen molar-refractivity contribution < 1.29 is 19.1 Å². The van der Waals surface area contributed by atoms with Gasteiger partial charge in [0.15, 0.2) is 5.92 Å². The van der Waals surface area contributed by atoms with Crippen molar-refractivity contribution in [3.05, 3.63) is 35.9 Å². The van der Waals surface area contributed by atoms with Gasteiger partial charge in [0.25, 0.3) is 0 Å². The minimum atomic E-state index is -1.08. The number of rotatable bonds is 6. The second-order valence-electron chi connectivity index (χ2n) is 6.48. The van der Waals surface area contributed by atoms with Crippen LogP contribution in [0.4, 0.5) is 0 Å². The zero-order valence-corrected chi connectivity index (χ0v) is 13.8. The summed E-state index contributed by atoms with van der Waals surface area (Å²) in [6.45, 7) is 2.15. The number of ether oxygens (including phenoxy) is 2. The minimum absolute atomic E-state index is 0.122. The first-order valence-electron chi connectivity index (χ1n) is 8.02. The maximum absolute atomic E-state index is 12.5. The molecule has 0 bridgehead atoms. The third-order valence-corrected chi connectivity index (χ3v) is 4.84. The number of carbonyl (C=O) groups is 2. The van der Waals surface area contributed by atoms with Crippen molar-refractivity contribution in [1.29, 1.82) is 0 Å². The van der Waals surface area contributed by atoms with Crippen molar-refractivity contribution in [2.24, 2.45) is 17.1 Å². The van der Waals surface area contributed by atoms with E-state index in [1.807, 2.05) is 37.3 Å². The minimum Gasteiger partial charge on any atom is -0.468 e. The molecule has 5 nitrogen and oxygen atoms in total. The van der Waals surface area contributed by atoms with E-state index < -0.39 is 23.9 Å². The number of hydrogen-bond donors (Lipinski definition) is 1. The predicted molar refractivity (Wildman–Crippen MR) is 86.3 cm³/mol. The van der Waals surface area contributed by atoms with Crippen LogP contribution in [0.1, 0.15) is 38.2 Å². The number of benzene rings is 1. The van der Waals surface area contributed by atoms with Crippen LogP contribution in [0.15, 0.2) is 30.3 Å². The van der Waals surface area contributed by atoms with Gasteiger partial charge in [0.1, 0.15) is 6.61 Å². The number of hydrogen-bond acceptors (Lipinski definition) is 5. The van der Waals surface area contributed by atoms with Crippen LogP contribution in [0.5, 0.6) is 0 Å². The Morgan fingerprint density at radius 3 is 2.35 bits per heavy atom. The molecule has 0 radical (unpaired) electrons. The lowest BCUT2D eigenvalue weighted by Crippen LogP contribution is -2.50. The van der Waals surface area contributed by atoms with E-state index in [0.717, 1.165) is 31.2 Å². The van der Waals surface area contributed by atoms with Gasteiger partial charge in [-0.3, -0.25) is 9.59 Å². The average molecular weight is 319 g/mol. The number of carbonyl (C=O) groups excluding carboxylic acids is 2. The SMILES string of the molecule is COC(=O)C(C(=O)OCc1ccccc1)C(N)C1(C)CCCC1. The second kappa shape index (κ2) is 7.59. The van der Waals surface area contributed by atoms with E-state index in [1.165, 1.54) is 7.11 Å². The number of esters is 2. The van der Waals surface area contributed by atoms with Crippen molar-refractivity contribution in [2.45, 2.75) is 45.3 Å². The second-order valence-corrected chi connectivity index (χ2v) is 6.48. The van der Waals surface area contributed by atoms with Gasteiger partial charge in [-0.2, -0.15) is 0 Å². The van der Waals surface area contributed by atoms with Crippen LogP contribution in [-0.4, -0.2) is 25.1 Å². The molecule has 1 saturated carbocycles. The molecule has 2 unspecified atom stereocenters. The molecule has 0 aliphatic heterocycles. The monoisotopic (exact) mass is 319 g/mol. The first kappa shape index (κ1) is 17.5. The standard InChI is InChI=1S/C18H25NO4/c1-18(10-6-7-11-18)15(19)14(16(20)22-2)17(21)23-12-13-8-4-3-5-9-13/h3-5,8-9,14-15H,6-7,10-12,19H2,1-2H3. The van der Waals surface area contributed by atoms with E-state index in [2.05, 4.69) is 0 Å². The normalized spacial score (nSPS) is 18.9. The lowest BCUT2D eigenvalue weighted by molar-refractivity contribution is -0.164. The Hall–Kier alpha value is -1.88. The van der Waals surface area contributed by atoms with Gasteiger partial charge in [0.05, 0.1) is 7.11 Å². The summed E-state index contributed by atoms with van der Waals surface area (Å²) >= 11 is 0. The molecular weight excluding hydrogens is 294 g/mol. The molecular formula is C18H25NO4. The van der Waals surface area contributed by atoms with E-state index in [-0.39, 0.29) is 12.0 Å². The van der Waals surface area contributed by atoms with Crippen LogP contribution >= 0.6 is 0 Å². The maximum Gasteiger partial charge on any atom is 0.322 e. The van der Waals surface area contributed by atoms with E-state index >= 15 is 0 Å². The molecule has 0 amide bonds. The Balaban J connectivity index is 2.08. The number of nitrogens with two attached hydrogens (primary N) is 1. The van der Waals surface area contributed by atoms with Crippen molar-refractivity contribution in [2.75, 3.05) is 7.11 Å². The number of methoxy groups -OCH3 is 1. The highest BCUT2D eigenvalue weighted by Crippen LogP contribution is 2.42. The highest BCUT2D eigenvalue weighted by Gasteiger charge is 2.46. The molecule has 2 rings (SSSR count). The van der Waals surface area contributed by atoms with E-state index in [0.29, 0.717) is 0 Å². The molecule has 0 spiro atoms. The fourth-order valence-corrected chi connectivity index (χ4v) is 3.25. The first-order valence-corrected chi connectivity index (χ1v) is 8.02. The fraction of sp³-hybridized carbons (Fsp3) is 0.556. The van der Waals surface area contributed by atoms with Crippen LogP contribution in [-0.2, 0) is 25.7 Å². The van der Waals surface area contributed by atoms with Crippen LogP contribution in [0.3, 0.4) is 0 Å². The van der Waals surface area contributed by atoms with Crippen LogP contribution in [0, 0.1) is 11.3 Å². The summed E-state index contributed by atoms with van der Waals surface area (Å²) < 4.78 is 10.1. The Bertz CT molecular complexity index is 537. The Labute approximate surface area is 137 Å². The molecule has 0 aromatic heterocycles. The molecule has 1 fully saturated rings. The molecule has 23 heavy (non-hydrogen) atoms. The third-order valence-electron chi connectivity index (χ3n) is 4.84. The zero-order valence-electron chi connectivity index (χ0n) is 13.8. The van der Waals surface area contributed by atoms with Crippen LogP contribution in [0.2, 0.25) is 0 Å². The Morgan fingerprint density at radius 1 is 1.17 bits per heavy atom. The van der Waals surface area contributed by atoms with Gasteiger partial charge < -0.3 is 15.2 Å².